The molecule has 1 unspecified atom stereocenters. The van der Waals surface area contributed by atoms with Crippen LogP contribution in [0, 0.1) is 0 Å². The van der Waals surface area contributed by atoms with E-state index in [9.17, 15) is 38.4 Å². The van der Waals surface area contributed by atoms with Crippen LogP contribution in [0.25, 0.3) is 44.7 Å². The van der Waals surface area contributed by atoms with Crippen molar-refractivity contribution < 1.29 is 97.9 Å². The number of nitrogens with one attached hydrogen (secondary N) is 5. The smallest absolute Gasteiger partial charge is 0.306 e. The minimum Gasteiger partial charge on any atom is -0.461 e. The first kappa shape index (κ1) is 96.1. The Morgan fingerprint density at radius 1 is 0.459 bits per heavy atom. The number of nitrogen functional groups attached to an aromatic ring is 1. The highest BCUT2D eigenvalue weighted by molar-refractivity contribution is 7.95. The summed E-state index contributed by atoms with van der Waals surface area (Å²) < 4.78 is 99.2. The van der Waals surface area contributed by atoms with E-state index in [0.717, 1.165) is 29.6 Å². The lowest BCUT2D eigenvalue weighted by atomic mass is 10.1. The zero-order valence-corrected chi connectivity index (χ0v) is 72.8. The maximum Gasteiger partial charge on any atom is 0.306 e. The first-order chi connectivity index (χ1) is 66.7. The molecule has 4 aliphatic rings. The van der Waals surface area contributed by atoms with Crippen molar-refractivity contribution in [2.24, 2.45) is 0 Å². The summed E-state index contributed by atoms with van der Waals surface area (Å²) in [5.74, 6) is -1.53. The highest BCUT2D eigenvalue weighted by Crippen LogP contribution is 2.33. The summed E-state index contributed by atoms with van der Waals surface area (Å²) in [7, 11) is -0.272. The highest BCUT2D eigenvalue weighted by atomic mass is 35.5. The number of aliphatic hydroxyl groups excluding tert-OH is 3. The van der Waals surface area contributed by atoms with Crippen LogP contribution < -0.4 is 32.3 Å². The van der Waals surface area contributed by atoms with Gasteiger partial charge in [-0.05, 0) is 147 Å². The third-order valence-corrected chi connectivity index (χ3v) is 20.4. The van der Waals surface area contributed by atoms with Crippen molar-refractivity contribution in [2.45, 2.75) is 124 Å². The highest BCUT2D eigenvalue weighted by Gasteiger charge is 2.30. The second-order valence-corrected chi connectivity index (χ2v) is 30.0. The topological polar surface area (TPSA) is 541 Å². The molecule has 710 valence electrons. The molecule has 0 saturated carbocycles. The first-order valence-electron chi connectivity index (χ1n) is 43.7. The second-order valence-electron chi connectivity index (χ2n) is 28.1. The largest absolute Gasteiger partial charge is 0.461 e. The number of benzene rings is 4. The van der Waals surface area contributed by atoms with Gasteiger partial charge in [-0.15, -0.1) is 0 Å². The van der Waals surface area contributed by atoms with Crippen LogP contribution in [-0.2, 0) is 87.1 Å². The number of esters is 2. The van der Waals surface area contributed by atoms with E-state index < -0.39 is 76.4 Å². The molecule has 0 bridgehead atoms. The molecule has 9 atom stereocenters. The number of aliphatic hydroxyl groups is 3. The van der Waals surface area contributed by atoms with Gasteiger partial charge in [0.25, 0.3) is 23.0 Å². The average Bonchev–Trinajstić information content (AvgIpc) is 1.65. The predicted molar refractivity (Wildman–Crippen MR) is 509 cm³/mol. The number of anilines is 4. The van der Waals surface area contributed by atoms with Gasteiger partial charge in [-0.2, -0.15) is 0 Å². The predicted octanol–water partition coefficient (Wildman–Crippen LogP) is 7.71. The summed E-state index contributed by atoms with van der Waals surface area (Å²) >= 11 is 7.34. The second kappa shape index (κ2) is 52.8. The number of ether oxygens (including phenoxy) is 7. The van der Waals surface area contributed by atoms with Crippen LogP contribution >= 0.6 is 35.7 Å². The number of carbonyl (C=O) groups is 8. The van der Waals surface area contributed by atoms with Crippen LogP contribution in [0.2, 0.25) is 0 Å². The van der Waals surface area contributed by atoms with Crippen LogP contribution in [0.3, 0.4) is 0 Å². The van der Waals surface area contributed by atoms with Gasteiger partial charge in [0.1, 0.15) is 84.0 Å². The number of nitrogens with two attached hydrogens (primary N) is 1. The van der Waals surface area contributed by atoms with E-state index in [0.29, 0.717) is 96.0 Å². The maximum absolute atomic E-state index is 12.9. The molecule has 0 aliphatic carbocycles. The maximum atomic E-state index is 12.9. The Balaban J connectivity index is 0.000000206. The number of amides is 5. The van der Waals surface area contributed by atoms with E-state index in [-0.39, 0.29) is 165 Å². The number of hydrogen-bond donors (Lipinski definition) is 9. The van der Waals surface area contributed by atoms with Crippen molar-refractivity contribution in [3.8, 4) is 0 Å². The number of nitrogens with zero attached hydrogens (tertiary/aromatic N) is 16. The van der Waals surface area contributed by atoms with Crippen molar-refractivity contribution in [3.05, 3.63) is 241 Å². The Morgan fingerprint density at radius 3 is 1.12 bits per heavy atom. The molecule has 12 aromatic rings. The molecule has 8 aromatic heterocycles. The van der Waals surface area contributed by atoms with Crippen molar-refractivity contribution in [2.75, 3.05) is 80.6 Å². The first-order valence-corrected chi connectivity index (χ1v) is 42.4. The fourth-order valence-corrected chi connectivity index (χ4v) is 13.3. The van der Waals surface area contributed by atoms with Gasteiger partial charge >= 0.3 is 11.9 Å². The molecule has 12 heterocycles. The van der Waals surface area contributed by atoms with Gasteiger partial charge in [-0.25, -0.2) is 59.8 Å². The molecule has 16 rings (SSSR count). The molecule has 0 fully saturated rings. The number of hydrogen-bond acceptors (Lipinski definition) is 35. The van der Waals surface area contributed by atoms with Gasteiger partial charge in [0.2, 0.25) is 11.8 Å². The van der Waals surface area contributed by atoms with Gasteiger partial charge in [-0.1, -0.05) is 95.1 Å². The van der Waals surface area contributed by atoms with Crippen LogP contribution in [0.1, 0.15) is 139 Å². The zero-order chi connectivity index (χ0) is 98.2. The molecule has 0 saturated heterocycles. The quantitative estimate of drug-likeness (QED) is 0.00453. The van der Waals surface area contributed by atoms with E-state index in [2.05, 4.69) is 86.4 Å². The molecule has 42 nitrogen and oxygen atoms in total. The van der Waals surface area contributed by atoms with Gasteiger partial charge < -0.3 is 89.2 Å². The lowest BCUT2D eigenvalue weighted by Crippen LogP contribution is -2.19. The Hall–Kier alpha value is -13.5. The number of imidazole rings is 4. The van der Waals surface area contributed by atoms with E-state index in [1.54, 1.807) is 153 Å². The van der Waals surface area contributed by atoms with Gasteiger partial charge in [0, 0.05) is 56.3 Å². The van der Waals surface area contributed by atoms with E-state index >= 15 is 0 Å². The summed E-state index contributed by atoms with van der Waals surface area (Å²) in [6.45, 7) is 0.537. The number of carbonyl (C=O) groups excluding carboxylic acids is 8. The minimum atomic E-state index is -1.39. The molecule has 0 radical (unpaired) electrons. The molecule has 135 heavy (non-hydrogen) atoms. The Bertz CT molecular complexity index is 6310. The fourth-order valence-electron chi connectivity index (χ4n) is 12.5. The number of halogens is 1. The van der Waals surface area contributed by atoms with Crippen molar-refractivity contribution in [3.63, 3.8) is 0 Å². The molecule has 4 aromatic carbocycles. The van der Waals surface area contributed by atoms with E-state index in [1.165, 1.54) is 45.7 Å². The Morgan fingerprint density at radius 2 is 0.785 bits per heavy atom. The number of methoxy groups -OCH3 is 1. The van der Waals surface area contributed by atoms with Crippen LogP contribution in [0.5, 0.6) is 0 Å². The van der Waals surface area contributed by atoms with Crippen molar-refractivity contribution >= 4 is 166 Å². The molecule has 10 N–H and O–H groups in total. The summed E-state index contributed by atoms with van der Waals surface area (Å²) in [4.78, 5) is 145. The summed E-state index contributed by atoms with van der Waals surface area (Å²) in [6.07, 6.45) is 23.3. The summed E-state index contributed by atoms with van der Waals surface area (Å²) in [5, 5.41) is 39.4. The van der Waals surface area contributed by atoms with Gasteiger partial charge in [0.05, 0.1) is 80.5 Å². The molecule has 0 spiro atoms. The van der Waals surface area contributed by atoms with Gasteiger partial charge in [0.15, 0.2) is 87.3 Å². The van der Waals surface area contributed by atoms with Crippen molar-refractivity contribution in [1.29, 1.82) is 5.34 Å². The average molecular weight is 1920 g/mol. The SMILES string of the molecule is C.C.C.Nc1ncnc2c1ncn2[C@H]1C=C[C@@H](CO)O1.O=C(Cl)c1ccc(CO)cc1.[2H]B([3H])CSOC[C@@H]1C=C[C@H](n2cnc3c(NC(=O)c4ccc(CO)cc4)ncnc32)O1.[2H]B([3H])CSOC[C@@H]1C=C[C@H](n2cnc3c(NC(=O)c4ccc(COC(=O)CCC(=O)NC)cc4)ncnc32)O1.[2H]C([3H])OC[C@@H]1C=C[C@H](n2cnc3c(NC(=O)c4ccc(COC(=O)CCC(=O)NC)cc4)ncnc32)O1. The third kappa shape index (κ3) is 29.0. The fraction of sp³-hybridized carbons (Fsp3) is 0.318. The molecule has 47 heteroatoms. The number of fused-ring (bicyclic) bond motifs is 4. The van der Waals surface area contributed by atoms with Crippen LogP contribution in [-0.4, -0.2) is 244 Å². The van der Waals surface area contributed by atoms with Crippen molar-refractivity contribution in [1.82, 2.24) is 88.7 Å². The molecular formula is C88H103B2ClN22O20S2. The van der Waals surface area contributed by atoms with Crippen LogP contribution in [0.15, 0.2) is 196 Å². The third-order valence-electron chi connectivity index (χ3n) is 19.3. The van der Waals surface area contributed by atoms with E-state index in [1.807, 2.05) is 30.4 Å². The molecule has 4 aliphatic heterocycles. The molecular weight excluding hydrogens is 1810 g/mol. The standard InChI is InChI=1S/C24H27BN6O6S.C24H26N6O6.C19H20BN5O4S.C10H11N5O2.C8H7ClO2.3CH4/c1-26-18(32)7-9-20(33)35-10-15-2-4-16(5-3-15)24(34)30-22-21-23(28-13-27-22)31(14-29-21)19-8-6-17(37-19)11-36-38-12-25;1-25-18(31)8-10-20(32)35-11-15-3-5-16(6-4-15)24(33)29-22-21-23(27-13-26-22)30(14-28-21)19-9-7-17(36-19)12-34-2;20-9-30-28-8-14-5-6-15(29-14)25-11-23-16-17(21-10-22-18(16)25)24-19(27)13-3-1-12(7-26)2-4-13;11-9-8-10(13-4-12-9)15(5-14-8)7-2-1-6(3-16)17-7;9-8(11)7-3-1-6(5-10)2-4-7;;;/h2-6,8,13-14,17,19H,7,9-12,25H2,1H3,(H,26,32)(H,27,28,30,34);3-7,9,13-14,17,19H,8,10-12H2,1-2H3,(H,25,31)(H,26,27,29,33);1-6,10-11,14-15,26H,7-9,20H2,(H,21,22,24,27);1-2,4-7,16H,3H2,(H2,11,12,13);1-4,10H,5H2;3*1H4/t2*17-,19+;14-,15+;6-,7+;;;;/m0000..../s1/i25TD;2TD;20TD;;;;;/tm;2?,17-,19+;m;;;;;. The molecule has 5 amide bonds. The lowest BCUT2D eigenvalue weighted by Gasteiger charge is -2.15. The lowest BCUT2D eigenvalue weighted by molar-refractivity contribution is -0.146. The normalized spacial score (nSPS) is 17.7. The Labute approximate surface area is 798 Å². The number of rotatable bonds is 36. The minimum absolute atomic E-state index is 0. The van der Waals surface area contributed by atoms with Gasteiger partial charge in [-0.3, -0.25) is 56.6 Å². The summed E-state index contributed by atoms with van der Waals surface area (Å²) in [5.41, 5.74) is 14.5. The summed E-state index contributed by atoms with van der Waals surface area (Å²) in [6, 6.07) is 26.2. The zero-order valence-electron chi connectivity index (χ0n) is 76.4. The Kier molecular flexibility index (Phi) is 37.6. The monoisotopic (exact) mass is 1920 g/mol. The van der Waals surface area contributed by atoms with Crippen LogP contribution in [0.4, 0.5) is 23.3 Å². The van der Waals surface area contributed by atoms with E-state index in [4.69, 9.17) is 82.3 Å². The number of aromatic nitrogens is 16.